The van der Waals surface area contributed by atoms with E-state index >= 15 is 0 Å². The number of hydrogen-bond donors (Lipinski definition) is 2. The minimum Gasteiger partial charge on any atom is -0.508 e. The van der Waals surface area contributed by atoms with Crippen molar-refractivity contribution in [2.75, 3.05) is 5.75 Å². The van der Waals surface area contributed by atoms with E-state index in [4.69, 9.17) is 5.11 Å². The number of nitrogens with zero attached hydrogens (tertiary/aromatic N) is 4. The van der Waals surface area contributed by atoms with Gasteiger partial charge in [-0.25, -0.2) is 0 Å². The van der Waals surface area contributed by atoms with Crippen LogP contribution in [-0.2, 0) is 4.79 Å². The topological polar surface area (TPSA) is 101 Å². The highest BCUT2D eigenvalue weighted by Gasteiger charge is 2.10. The fraction of sp³-hybridized carbons (Fsp3) is 0.167. The van der Waals surface area contributed by atoms with Crippen molar-refractivity contribution in [3.8, 4) is 5.75 Å². The summed E-state index contributed by atoms with van der Waals surface area (Å²) in [7, 11) is 0. The third kappa shape index (κ3) is 3.58. The molecule has 0 fully saturated rings. The van der Waals surface area contributed by atoms with E-state index in [1.165, 1.54) is 4.68 Å². The maximum Gasteiger partial charge on any atom is 0.313 e. The standard InChI is InChI=1S/C12H12N4O3S/c1-8-14-15-12(20-7-11(18)19)16(8)13-6-9-2-4-10(17)5-3-9/h2-6,17H,7H2,1H3,(H,18,19)/b13-6-. The number of aryl methyl sites for hydroxylation is 1. The smallest absolute Gasteiger partial charge is 0.313 e. The molecule has 8 heteroatoms. The summed E-state index contributed by atoms with van der Waals surface area (Å²) in [4.78, 5) is 10.6. The number of hydrogen-bond acceptors (Lipinski definition) is 6. The number of carboxylic acids is 1. The summed E-state index contributed by atoms with van der Waals surface area (Å²) in [5.74, 6) is -0.287. The molecule has 2 rings (SSSR count). The predicted octanol–water partition coefficient (Wildman–Crippen LogP) is 1.35. The first-order valence-electron chi connectivity index (χ1n) is 5.66. The molecule has 0 spiro atoms. The van der Waals surface area contributed by atoms with Gasteiger partial charge in [-0.2, -0.15) is 9.78 Å². The van der Waals surface area contributed by atoms with Gasteiger partial charge < -0.3 is 10.2 Å². The number of aromatic nitrogens is 3. The lowest BCUT2D eigenvalue weighted by Crippen LogP contribution is -2.01. The molecule has 1 heterocycles. The molecule has 0 saturated carbocycles. The predicted molar refractivity (Wildman–Crippen MR) is 74.2 cm³/mol. The van der Waals surface area contributed by atoms with Gasteiger partial charge in [-0.15, -0.1) is 10.2 Å². The van der Waals surface area contributed by atoms with Crippen molar-refractivity contribution in [1.29, 1.82) is 0 Å². The van der Waals surface area contributed by atoms with Crippen LogP contribution in [0, 0.1) is 6.92 Å². The Morgan fingerprint density at radius 1 is 1.40 bits per heavy atom. The fourth-order valence-electron chi connectivity index (χ4n) is 1.37. The molecule has 0 amide bonds. The van der Waals surface area contributed by atoms with E-state index in [2.05, 4.69) is 15.3 Å². The zero-order chi connectivity index (χ0) is 14.5. The van der Waals surface area contributed by atoms with Crippen LogP contribution in [0.2, 0.25) is 0 Å². The monoisotopic (exact) mass is 292 g/mol. The molecule has 0 atom stereocenters. The molecular formula is C12H12N4O3S. The van der Waals surface area contributed by atoms with E-state index in [0.29, 0.717) is 11.0 Å². The average Bonchev–Trinajstić information content (AvgIpc) is 2.76. The van der Waals surface area contributed by atoms with Crippen LogP contribution in [0.15, 0.2) is 34.5 Å². The molecule has 1 aromatic heterocycles. The van der Waals surface area contributed by atoms with Crippen LogP contribution in [0.5, 0.6) is 5.75 Å². The highest BCUT2D eigenvalue weighted by molar-refractivity contribution is 7.99. The average molecular weight is 292 g/mol. The Labute approximate surface area is 119 Å². The van der Waals surface area contributed by atoms with Crippen molar-refractivity contribution >= 4 is 23.9 Å². The van der Waals surface area contributed by atoms with Gasteiger partial charge in [0.1, 0.15) is 5.75 Å². The number of benzene rings is 1. The van der Waals surface area contributed by atoms with Crippen LogP contribution in [0.25, 0.3) is 0 Å². The lowest BCUT2D eigenvalue weighted by atomic mass is 10.2. The second kappa shape index (κ2) is 6.20. The lowest BCUT2D eigenvalue weighted by molar-refractivity contribution is -0.133. The van der Waals surface area contributed by atoms with Crippen LogP contribution >= 0.6 is 11.8 Å². The maximum absolute atomic E-state index is 10.6. The number of aromatic hydroxyl groups is 1. The third-order valence-electron chi connectivity index (χ3n) is 2.31. The molecule has 20 heavy (non-hydrogen) atoms. The number of carbonyl (C=O) groups is 1. The second-order valence-corrected chi connectivity index (χ2v) is 4.80. The van der Waals surface area contributed by atoms with Crippen LogP contribution in [-0.4, -0.2) is 43.0 Å². The van der Waals surface area contributed by atoms with Crippen LogP contribution in [0.4, 0.5) is 0 Å². The number of carboxylic acid groups (broad SMARTS) is 1. The Balaban J connectivity index is 2.17. The van der Waals surface area contributed by atoms with Crippen molar-refractivity contribution in [3.05, 3.63) is 35.7 Å². The molecule has 2 aromatic rings. The van der Waals surface area contributed by atoms with Gasteiger partial charge >= 0.3 is 5.97 Å². The molecule has 0 bridgehead atoms. The van der Waals surface area contributed by atoms with Crippen molar-refractivity contribution in [2.45, 2.75) is 12.1 Å². The van der Waals surface area contributed by atoms with Crippen LogP contribution < -0.4 is 0 Å². The van der Waals surface area contributed by atoms with E-state index in [0.717, 1.165) is 17.3 Å². The number of phenols is 1. The first-order valence-corrected chi connectivity index (χ1v) is 6.65. The van der Waals surface area contributed by atoms with Crippen molar-refractivity contribution in [1.82, 2.24) is 14.9 Å². The zero-order valence-electron chi connectivity index (χ0n) is 10.6. The number of phenolic OH excluding ortho intramolecular Hbond substituents is 1. The van der Waals surface area contributed by atoms with Crippen molar-refractivity contribution < 1.29 is 15.0 Å². The summed E-state index contributed by atoms with van der Waals surface area (Å²) >= 11 is 1.05. The summed E-state index contributed by atoms with van der Waals surface area (Å²) in [5.41, 5.74) is 0.796. The summed E-state index contributed by atoms with van der Waals surface area (Å²) in [6.45, 7) is 1.73. The quantitative estimate of drug-likeness (QED) is 0.637. The summed E-state index contributed by atoms with van der Waals surface area (Å²) in [6, 6.07) is 6.53. The van der Waals surface area contributed by atoms with Crippen LogP contribution in [0.3, 0.4) is 0 Å². The number of rotatable bonds is 5. The van der Waals surface area contributed by atoms with Gasteiger partial charge in [-0.1, -0.05) is 11.8 Å². The van der Waals surface area contributed by atoms with Crippen LogP contribution in [0.1, 0.15) is 11.4 Å². The molecule has 0 saturated heterocycles. The Bertz CT molecular complexity index is 637. The zero-order valence-corrected chi connectivity index (χ0v) is 11.4. The highest BCUT2D eigenvalue weighted by Crippen LogP contribution is 2.16. The first-order chi connectivity index (χ1) is 9.56. The summed E-state index contributed by atoms with van der Waals surface area (Å²) in [6.07, 6.45) is 1.58. The molecule has 2 N–H and O–H groups in total. The van der Waals surface area contributed by atoms with E-state index in [1.807, 2.05) is 0 Å². The molecule has 0 aliphatic rings. The Hall–Kier alpha value is -2.35. The summed E-state index contributed by atoms with van der Waals surface area (Å²) < 4.78 is 1.47. The second-order valence-electron chi connectivity index (χ2n) is 3.86. The van der Waals surface area contributed by atoms with Gasteiger partial charge in [0.2, 0.25) is 5.16 Å². The van der Waals surface area contributed by atoms with E-state index in [9.17, 15) is 9.90 Å². The fourth-order valence-corrected chi connectivity index (χ4v) is 2.02. The normalized spacial score (nSPS) is 11.1. The summed E-state index contributed by atoms with van der Waals surface area (Å²) in [5, 5.41) is 30.2. The van der Waals surface area contributed by atoms with Gasteiger partial charge in [-0.3, -0.25) is 4.79 Å². The van der Waals surface area contributed by atoms with Crippen molar-refractivity contribution in [2.24, 2.45) is 5.10 Å². The third-order valence-corrected chi connectivity index (χ3v) is 3.21. The highest BCUT2D eigenvalue weighted by atomic mass is 32.2. The molecule has 0 aliphatic carbocycles. The van der Waals surface area contributed by atoms with Gasteiger partial charge in [-0.05, 0) is 36.8 Å². The largest absolute Gasteiger partial charge is 0.508 e. The molecule has 0 unspecified atom stereocenters. The van der Waals surface area contributed by atoms with E-state index < -0.39 is 5.97 Å². The molecule has 0 aliphatic heterocycles. The van der Waals surface area contributed by atoms with Gasteiger partial charge in [0, 0.05) is 0 Å². The van der Waals surface area contributed by atoms with Crippen molar-refractivity contribution in [3.63, 3.8) is 0 Å². The van der Waals surface area contributed by atoms with E-state index in [-0.39, 0.29) is 11.5 Å². The minimum absolute atomic E-state index is 0.104. The molecule has 104 valence electrons. The Morgan fingerprint density at radius 2 is 2.10 bits per heavy atom. The first kappa shape index (κ1) is 14.1. The lowest BCUT2D eigenvalue weighted by Gasteiger charge is -2.00. The van der Waals surface area contributed by atoms with E-state index in [1.54, 1.807) is 37.4 Å². The minimum atomic E-state index is -0.926. The van der Waals surface area contributed by atoms with Gasteiger partial charge in [0.05, 0.1) is 12.0 Å². The number of thioether (sulfide) groups is 1. The van der Waals surface area contributed by atoms with Gasteiger partial charge in [0.15, 0.2) is 5.82 Å². The molecule has 7 nitrogen and oxygen atoms in total. The number of aliphatic carboxylic acids is 1. The molecular weight excluding hydrogens is 280 g/mol. The Kier molecular flexibility index (Phi) is 4.36. The molecule has 0 radical (unpaired) electrons. The maximum atomic E-state index is 10.6. The molecule has 1 aromatic carbocycles. The van der Waals surface area contributed by atoms with Gasteiger partial charge in [0.25, 0.3) is 0 Å². The Morgan fingerprint density at radius 3 is 2.75 bits per heavy atom. The SMILES string of the molecule is Cc1nnc(SCC(=O)O)n1/N=C\c1ccc(O)cc1.